The number of aryl methyl sites for hydroxylation is 1. The highest BCUT2D eigenvalue weighted by Gasteiger charge is 2.43. The number of urea groups is 1. The van der Waals surface area contributed by atoms with Gasteiger partial charge in [0.2, 0.25) is 0 Å². The molecule has 0 spiro atoms. The first-order chi connectivity index (χ1) is 11.6. The third kappa shape index (κ3) is 2.86. The molecule has 3 amide bonds. The number of imide groups is 1. The fraction of sp³-hybridized carbons (Fsp3) is 0.438. The van der Waals surface area contributed by atoms with Crippen LogP contribution < -0.4 is 4.90 Å². The van der Waals surface area contributed by atoms with E-state index in [9.17, 15) is 9.59 Å². The summed E-state index contributed by atoms with van der Waals surface area (Å²) in [6, 6.07) is 8.30. The zero-order valence-electron chi connectivity index (χ0n) is 13.8. The predicted molar refractivity (Wildman–Crippen MR) is 87.1 cm³/mol. The number of rotatable bonds is 6. The van der Waals surface area contributed by atoms with Crippen LogP contribution in [-0.4, -0.2) is 43.1 Å². The molecule has 2 heterocycles. The van der Waals surface area contributed by atoms with E-state index in [1.165, 1.54) is 9.80 Å². The summed E-state index contributed by atoms with van der Waals surface area (Å²) in [5.74, 6) is 0.279. The minimum absolute atomic E-state index is 0.0854. The Morgan fingerprint density at radius 1 is 1.17 bits per heavy atom. The van der Waals surface area contributed by atoms with Crippen molar-refractivity contribution in [2.45, 2.75) is 45.8 Å². The smallest absolute Gasteiger partial charge is 0.282 e. The van der Waals surface area contributed by atoms with E-state index in [0.717, 1.165) is 12.8 Å². The molecular weight excluding hydrogens is 308 g/mol. The number of nitrogens with zero attached hydrogens (tertiary/aromatic N) is 6. The lowest BCUT2D eigenvalue weighted by molar-refractivity contribution is -0.127. The number of carbonyl (C=O) groups excluding carboxylic acids is 2. The Hall–Kier alpha value is -2.77. The monoisotopic (exact) mass is 328 g/mol. The second kappa shape index (κ2) is 6.77. The van der Waals surface area contributed by atoms with Crippen molar-refractivity contribution in [1.82, 2.24) is 25.1 Å². The number of hydrogen-bond acceptors (Lipinski definition) is 5. The van der Waals surface area contributed by atoms with Crippen LogP contribution in [0.2, 0.25) is 0 Å². The molecular formula is C16H20N6O2. The molecule has 1 aromatic heterocycles. The third-order valence-corrected chi connectivity index (χ3v) is 4.11. The van der Waals surface area contributed by atoms with Gasteiger partial charge in [-0.1, -0.05) is 31.5 Å². The van der Waals surface area contributed by atoms with Crippen LogP contribution in [0.1, 0.15) is 32.5 Å². The fourth-order valence-corrected chi connectivity index (χ4v) is 2.75. The number of para-hydroxylation sites is 1. The number of unbranched alkanes of at least 4 members (excludes halogenated alkanes) is 1. The summed E-state index contributed by atoms with van der Waals surface area (Å²) in [7, 11) is 0. The third-order valence-electron chi connectivity index (χ3n) is 4.11. The number of aromatic nitrogens is 4. The van der Waals surface area contributed by atoms with Gasteiger partial charge >= 0.3 is 6.03 Å². The van der Waals surface area contributed by atoms with Gasteiger partial charge in [-0.05, 0) is 35.9 Å². The Kier molecular flexibility index (Phi) is 4.54. The van der Waals surface area contributed by atoms with Crippen LogP contribution in [0.4, 0.5) is 10.5 Å². The summed E-state index contributed by atoms with van der Waals surface area (Å²) in [6.07, 6.45) is 1.95. The molecule has 0 aliphatic carbocycles. The first-order valence-electron chi connectivity index (χ1n) is 8.08. The zero-order chi connectivity index (χ0) is 17.1. The van der Waals surface area contributed by atoms with Crippen molar-refractivity contribution in [1.29, 1.82) is 0 Å². The van der Waals surface area contributed by atoms with Crippen LogP contribution in [0.25, 0.3) is 0 Å². The van der Waals surface area contributed by atoms with Gasteiger partial charge in [-0.3, -0.25) is 14.6 Å². The standard InChI is InChI=1S/C16H20N6O2/c1-3-4-10-21-14(17-18-19-21)11-20-15(23)12(2)22(16(20)24)13-8-6-5-7-9-13/h5-9,12H,3-4,10-11H2,1-2H3. The highest BCUT2D eigenvalue weighted by molar-refractivity contribution is 6.13. The molecule has 1 aromatic carbocycles. The molecule has 0 bridgehead atoms. The molecule has 1 saturated heterocycles. The average Bonchev–Trinajstić information content (AvgIpc) is 3.12. The van der Waals surface area contributed by atoms with E-state index < -0.39 is 6.04 Å². The first kappa shape index (κ1) is 16.1. The van der Waals surface area contributed by atoms with Crippen LogP contribution in [0, 0.1) is 0 Å². The molecule has 2 aromatic rings. The average molecular weight is 328 g/mol. The van der Waals surface area contributed by atoms with Crippen molar-refractivity contribution in [2.24, 2.45) is 0 Å². The van der Waals surface area contributed by atoms with Gasteiger partial charge in [0.15, 0.2) is 5.82 Å². The second-order valence-corrected chi connectivity index (χ2v) is 5.76. The normalized spacial score (nSPS) is 17.8. The van der Waals surface area contributed by atoms with Gasteiger partial charge in [-0.25, -0.2) is 9.48 Å². The van der Waals surface area contributed by atoms with Gasteiger partial charge in [0.25, 0.3) is 5.91 Å². The van der Waals surface area contributed by atoms with Crippen LogP contribution in [0.5, 0.6) is 0 Å². The van der Waals surface area contributed by atoms with E-state index in [2.05, 4.69) is 22.4 Å². The van der Waals surface area contributed by atoms with Crippen LogP contribution in [0.3, 0.4) is 0 Å². The number of anilines is 1. The minimum Gasteiger partial charge on any atom is -0.282 e. The van der Waals surface area contributed by atoms with Crippen molar-refractivity contribution >= 4 is 17.6 Å². The van der Waals surface area contributed by atoms with Gasteiger partial charge < -0.3 is 0 Å². The molecule has 1 fully saturated rings. The van der Waals surface area contributed by atoms with Crippen molar-refractivity contribution in [3.63, 3.8) is 0 Å². The molecule has 3 rings (SSSR count). The Balaban J connectivity index is 1.81. The van der Waals surface area contributed by atoms with Crippen molar-refractivity contribution in [3.8, 4) is 0 Å². The Morgan fingerprint density at radius 2 is 1.92 bits per heavy atom. The predicted octanol–water partition coefficient (Wildman–Crippen LogP) is 1.83. The van der Waals surface area contributed by atoms with Gasteiger partial charge in [-0.2, -0.15) is 0 Å². The lowest BCUT2D eigenvalue weighted by atomic mass is 10.2. The number of amides is 3. The molecule has 1 unspecified atom stereocenters. The van der Waals surface area contributed by atoms with E-state index in [0.29, 0.717) is 18.1 Å². The molecule has 8 heteroatoms. The number of tetrazole rings is 1. The zero-order valence-corrected chi connectivity index (χ0v) is 13.8. The maximum absolute atomic E-state index is 12.7. The molecule has 1 aliphatic rings. The Morgan fingerprint density at radius 3 is 2.62 bits per heavy atom. The summed E-state index contributed by atoms with van der Waals surface area (Å²) in [5, 5.41) is 11.6. The SMILES string of the molecule is CCCCn1nnnc1CN1C(=O)C(C)N(c2ccccc2)C1=O. The highest BCUT2D eigenvalue weighted by atomic mass is 16.2. The Labute approximate surface area is 140 Å². The van der Waals surface area contributed by atoms with E-state index in [-0.39, 0.29) is 18.5 Å². The lowest BCUT2D eigenvalue weighted by Crippen LogP contribution is -2.34. The van der Waals surface area contributed by atoms with Crippen LogP contribution >= 0.6 is 0 Å². The number of hydrogen-bond donors (Lipinski definition) is 0. The largest absolute Gasteiger partial charge is 0.332 e. The summed E-state index contributed by atoms with van der Waals surface area (Å²) in [6.45, 7) is 4.57. The maximum atomic E-state index is 12.7. The molecule has 24 heavy (non-hydrogen) atoms. The number of benzene rings is 1. The molecule has 0 N–H and O–H groups in total. The summed E-state index contributed by atoms with van der Waals surface area (Å²) < 4.78 is 1.65. The van der Waals surface area contributed by atoms with Gasteiger partial charge in [0.05, 0.1) is 6.54 Å². The van der Waals surface area contributed by atoms with Crippen LogP contribution in [-0.2, 0) is 17.9 Å². The molecule has 1 aliphatic heterocycles. The fourth-order valence-electron chi connectivity index (χ4n) is 2.75. The van der Waals surface area contributed by atoms with E-state index in [1.807, 2.05) is 30.3 Å². The Bertz CT molecular complexity index is 729. The summed E-state index contributed by atoms with van der Waals surface area (Å²) >= 11 is 0. The topological polar surface area (TPSA) is 84.2 Å². The van der Waals surface area contributed by atoms with E-state index in [1.54, 1.807) is 11.6 Å². The summed E-state index contributed by atoms with van der Waals surface area (Å²) in [4.78, 5) is 28.0. The molecule has 8 nitrogen and oxygen atoms in total. The number of carbonyl (C=O) groups is 2. The molecule has 0 radical (unpaired) electrons. The van der Waals surface area contributed by atoms with Crippen LogP contribution in [0.15, 0.2) is 30.3 Å². The highest BCUT2D eigenvalue weighted by Crippen LogP contribution is 2.26. The summed E-state index contributed by atoms with van der Waals surface area (Å²) in [5.41, 5.74) is 0.705. The first-order valence-corrected chi connectivity index (χ1v) is 8.08. The van der Waals surface area contributed by atoms with E-state index in [4.69, 9.17) is 0 Å². The van der Waals surface area contributed by atoms with E-state index >= 15 is 0 Å². The lowest BCUT2D eigenvalue weighted by Gasteiger charge is -2.19. The van der Waals surface area contributed by atoms with Gasteiger partial charge in [0.1, 0.15) is 6.04 Å². The maximum Gasteiger partial charge on any atom is 0.332 e. The minimum atomic E-state index is -0.542. The molecule has 1 atom stereocenters. The van der Waals surface area contributed by atoms with Crippen molar-refractivity contribution in [2.75, 3.05) is 4.90 Å². The van der Waals surface area contributed by atoms with Gasteiger partial charge in [0, 0.05) is 12.2 Å². The second-order valence-electron chi connectivity index (χ2n) is 5.76. The quantitative estimate of drug-likeness (QED) is 0.755. The molecule has 126 valence electrons. The van der Waals surface area contributed by atoms with Crippen molar-refractivity contribution < 1.29 is 9.59 Å². The van der Waals surface area contributed by atoms with Crippen molar-refractivity contribution in [3.05, 3.63) is 36.2 Å². The molecule has 0 saturated carbocycles. The van der Waals surface area contributed by atoms with Gasteiger partial charge in [-0.15, -0.1) is 5.10 Å².